The Labute approximate surface area is 99.5 Å². The van der Waals surface area contributed by atoms with E-state index in [9.17, 15) is 0 Å². The SMILES string of the molecule is C=C(C)NC(CC(C)C)C(=S)NC(C)C. The first-order valence-electron chi connectivity index (χ1n) is 5.55. The molecule has 15 heavy (non-hydrogen) atoms. The van der Waals surface area contributed by atoms with E-state index in [0.29, 0.717) is 12.0 Å². The molecule has 0 rings (SSSR count). The van der Waals surface area contributed by atoms with Gasteiger partial charge in [0, 0.05) is 11.7 Å². The summed E-state index contributed by atoms with van der Waals surface area (Å²) in [4.78, 5) is 0.890. The van der Waals surface area contributed by atoms with Crippen LogP contribution in [0.25, 0.3) is 0 Å². The first-order valence-corrected chi connectivity index (χ1v) is 5.96. The van der Waals surface area contributed by atoms with E-state index in [2.05, 4.69) is 44.9 Å². The number of hydrogen-bond acceptors (Lipinski definition) is 2. The molecular formula is C12H24N2S. The molecule has 0 heterocycles. The molecule has 0 spiro atoms. The van der Waals surface area contributed by atoms with E-state index in [1.165, 1.54) is 0 Å². The fourth-order valence-electron chi connectivity index (χ4n) is 1.39. The summed E-state index contributed by atoms with van der Waals surface area (Å²) in [7, 11) is 0. The van der Waals surface area contributed by atoms with E-state index >= 15 is 0 Å². The molecule has 1 unspecified atom stereocenters. The zero-order valence-corrected chi connectivity index (χ0v) is 11.4. The monoisotopic (exact) mass is 228 g/mol. The van der Waals surface area contributed by atoms with Crippen LogP contribution in [0.3, 0.4) is 0 Å². The molecule has 0 aromatic rings. The van der Waals surface area contributed by atoms with Crippen LogP contribution in [0.1, 0.15) is 41.0 Å². The van der Waals surface area contributed by atoms with Gasteiger partial charge in [0.25, 0.3) is 0 Å². The van der Waals surface area contributed by atoms with Crippen LogP contribution in [0.4, 0.5) is 0 Å². The van der Waals surface area contributed by atoms with Crippen LogP contribution in [0.15, 0.2) is 12.3 Å². The summed E-state index contributed by atoms with van der Waals surface area (Å²) in [6.07, 6.45) is 1.03. The average Bonchev–Trinajstić information content (AvgIpc) is 1.99. The Kier molecular flexibility index (Phi) is 6.57. The first kappa shape index (κ1) is 14.4. The molecule has 0 aromatic heterocycles. The summed E-state index contributed by atoms with van der Waals surface area (Å²) in [6.45, 7) is 14.4. The van der Waals surface area contributed by atoms with Crippen molar-refractivity contribution in [3.63, 3.8) is 0 Å². The molecule has 88 valence electrons. The highest BCUT2D eigenvalue weighted by atomic mass is 32.1. The minimum atomic E-state index is 0.208. The molecule has 3 heteroatoms. The van der Waals surface area contributed by atoms with Crippen LogP contribution in [0.5, 0.6) is 0 Å². The van der Waals surface area contributed by atoms with Gasteiger partial charge in [-0.1, -0.05) is 32.6 Å². The molecule has 1 atom stereocenters. The van der Waals surface area contributed by atoms with Gasteiger partial charge in [0.05, 0.1) is 11.0 Å². The molecule has 0 aromatic carbocycles. The lowest BCUT2D eigenvalue weighted by Gasteiger charge is -2.24. The number of allylic oxidation sites excluding steroid dienone is 1. The molecule has 0 radical (unpaired) electrons. The summed E-state index contributed by atoms with van der Waals surface area (Å²) in [5.41, 5.74) is 0.966. The Bertz CT molecular complexity index is 222. The summed E-state index contributed by atoms with van der Waals surface area (Å²) >= 11 is 5.37. The van der Waals surface area contributed by atoms with E-state index in [0.717, 1.165) is 17.1 Å². The van der Waals surface area contributed by atoms with Crippen molar-refractivity contribution >= 4 is 17.2 Å². The van der Waals surface area contributed by atoms with Gasteiger partial charge in [0.1, 0.15) is 0 Å². The molecule has 2 nitrogen and oxygen atoms in total. The quantitative estimate of drug-likeness (QED) is 0.684. The molecule has 0 aliphatic carbocycles. The van der Waals surface area contributed by atoms with Crippen molar-refractivity contribution in [3.05, 3.63) is 12.3 Å². The van der Waals surface area contributed by atoms with E-state index in [-0.39, 0.29) is 6.04 Å². The Morgan fingerprint density at radius 1 is 1.20 bits per heavy atom. The highest BCUT2D eigenvalue weighted by Crippen LogP contribution is 2.07. The summed E-state index contributed by atoms with van der Waals surface area (Å²) in [6, 6.07) is 0.596. The lowest BCUT2D eigenvalue weighted by Crippen LogP contribution is -2.45. The first-order chi connectivity index (χ1) is 6.82. The second kappa shape index (κ2) is 6.83. The molecule has 0 saturated heterocycles. The Morgan fingerprint density at radius 2 is 1.73 bits per heavy atom. The fraction of sp³-hybridized carbons (Fsp3) is 0.750. The van der Waals surface area contributed by atoms with Crippen molar-refractivity contribution in [1.29, 1.82) is 0 Å². The van der Waals surface area contributed by atoms with Gasteiger partial charge < -0.3 is 10.6 Å². The number of hydrogen-bond donors (Lipinski definition) is 2. The van der Waals surface area contributed by atoms with E-state index in [1.54, 1.807) is 0 Å². The predicted molar refractivity (Wildman–Crippen MR) is 72.1 cm³/mol. The molecule has 0 saturated carbocycles. The highest BCUT2D eigenvalue weighted by Gasteiger charge is 2.15. The van der Waals surface area contributed by atoms with Crippen molar-refractivity contribution < 1.29 is 0 Å². The number of nitrogens with one attached hydrogen (secondary N) is 2. The third-order valence-corrected chi connectivity index (χ3v) is 2.28. The van der Waals surface area contributed by atoms with E-state index in [1.807, 2.05) is 6.92 Å². The number of rotatable bonds is 6. The minimum Gasteiger partial charge on any atom is -0.380 e. The lowest BCUT2D eigenvalue weighted by atomic mass is 10.0. The zero-order valence-electron chi connectivity index (χ0n) is 10.6. The van der Waals surface area contributed by atoms with Gasteiger partial charge in [0.2, 0.25) is 0 Å². The van der Waals surface area contributed by atoms with Crippen molar-refractivity contribution in [3.8, 4) is 0 Å². The van der Waals surface area contributed by atoms with Gasteiger partial charge in [-0.2, -0.15) is 0 Å². The zero-order chi connectivity index (χ0) is 12.0. The molecule has 0 aliphatic rings. The van der Waals surface area contributed by atoms with Gasteiger partial charge >= 0.3 is 0 Å². The topological polar surface area (TPSA) is 24.1 Å². The van der Waals surface area contributed by atoms with E-state index < -0.39 is 0 Å². The van der Waals surface area contributed by atoms with Crippen molar-refractivity contribution in [2.45, 2.75) is 53.1 Å². The Morgan fingerprint density at radius 3 is 2.07 bits per heavy atom. The third kappa shape index (κ3) is 7.37. The second-order valence-electron chi connectivity index (χ2n) is 4.77. The lowest BCUT2D eigenvalue weighted by molar-refractivity contribution is 0.511. The van der Waals surface area contributed by atoms with Crippen LogP contribution in [-0.4, -0.2) is 17.1 Å². The smallest absolute Gasteiger partial charge is 0.0981 e. The minimum absolute atomic E-state index is 0.208. The van der Waals surface area contributed by atoms with Crippen molar-refractivity contribution in [2.24, 2.45) is 5.92 Å². The normalized spacial score (nSPS) is 12.7. The van der Waals surface area contributed by atoms with Crippen LogP contribution < -0.4 is 10.6 Å². The van der Waals surface area contributed by atoms with Crippen LogP contribution in [0, 0.1) is 5.92 Å². The molecule has 2 N–H and O–H groups in total. The van der Waals surface area contributed by atoms with Gasteiger partial charge in [-0.25, -0.2) is 0 Å². The second-order valence-corrected chi connectivity index (χ2v) is 5.21. The molecule has 0 amide bonds. The summed E-state index contributed by atoms with van der Waals surface area (Å²) in [5, 5.41) is 6.60. The third-order valence-electron chi connectivity index (χ3n) is 1.88. The molecule has 0 aliphatic heterocycles. The van der Waals surface area contributed by atoms with Gasteiger partial charge in [-0.3, -0.25) is 0 Å². The van der Waals surface area contributed by atoms with Crippen LogP contribution in [0.2, 0.25) is 0 Å². The van der Waals surface area contributed by atoms with Crippen LogP contribution >= 0.6 is 12.2 Å². The number of thiocarbonyl (C=S) groups is 1. The largest absolute Gasteiger partial charge is 0.380 e. The van der Waals surface area contributed by atoms with Gasteiger partial charge in [-0.05, 0) is 33.1 Å². The molecule has 0 fully saturated rings. The standard InChI is InChI=1S/C12H24N2S/c1-8(2)7-11(13-9(3)4)12(15)14-10(5)6/h8,10-11,13H,3,7H2,1-2,4-6H3,(H,14,15). The van der Waals surface area contributed by atoms with Gasteiger partial charge in [0.15, 0.2) is 0 Å². The maximum atomic E-state index is 5.37. The van der Waals surface area contributed by atoms with Crippen molar-refractivity contribution in [2.75, 3.05) is 0 Å². The maximum Gasteiger partial charge on any atom is 0.0981 e. The molecule has 0 bridgehead atoms. The van der Waals surface area contributed by atoms with Gasteiger partial charge in [-0.15, -0.1) is 0 Å². The summed E-state index contributed by atoms with van der Waals surface area (Å²) in [5.74, 6) is 0.619. The predicted octanol–water partition coefficient (Wildman–Crippen LogP) is 2.85. The average molecular weight is 228 g/mol. The highest BCUT2D eigenvalue weighted by molar-refractivity contribution is 7.80. The summed E-state index contributed by atoms with van der Waals surface area (Å²) < 4.78 is 0. The Hall–Kier alpha value is -0.570. The Balaban J connectivity index is 4.33. The van der Waals surface area contributed by atoms with Crippen LogP contribution in [-0.2, 0) is 0 Å². The fourth-order valence-corrected chi connectivity index (χ4v) is 1.78. The maximum absolute atomic E-state index is 5.37. The molecular weight excluding hydrogens is 204 g/mol. The van der Waals surface area contributed by atoms with E-state index in [4.69, 9.17) is 12.2 Å². The van der Waals surface area contributed by atoms with Crippen molar-refractivity contribution in [1.82, 2.24) is 10.6 Å².